The largest absolute Gasteiger partial charge is 0.495 e. The molecule has 1 unspecified atom stereocenters. The lowest BCUT2D eigenvalue weighted by molar-refractivity contribution is -0.121. The predicted molar refractivity (Wildman–Crippen MR) is 124 cm³/mol. The standard InChI is InChI=1S/C25H19ClF2N2O5/c1-3-20(21(31)8-13-6-18(27)24(25(33)34)19(28)7-13)30-12-22(35-2)17(10-23(30)32)16-9-15(26)5-4-14(16)11-29/h4-7,9-10,12,20H,3,8H2,1-2H3,(H,33,34). The highest BCUT2D eigenvalue weighted by Crippen LogP contribution is 2.33. The summed E-state index contributed by atoms with van der Waals surface area (Å²) in [7, 11) is 1.36. The number of carbonyl (C=O) groups is 2. The Hall–Kier alpha value is -4.03. The van der Waals surface area contributed by atoms with Gasteiger partial charge in [-0.3, -0.25) is 9.59 Å². The molecule has 1 N–H and O–H groups in total. The van der Waals surface area contributed by atoms with Crippen LogP contribution in [0.3, 0.4) is 0 Å². The second kappa shape index (κ2) is 10.5. The number of aromatic carboxylic acids is 1. The van der Waals surface area contributed by atoms with Crippen molar-refractivity contribution in [3.8, 4) is 22.9 Å². The van der Waals surface area contributed by atoms with Crippen LogP contribution in [0.2, 0.25) is 5.02 Å². The molecule has 3 rings (SSSR count). The number of carboxylic acids is 1. The van der Waals surface area contributed by atoms with Gasteiger partial charge >= 0.3 is 5.97 Å². The molecule has 0 fully saturated rings. The van der Waals surface area contributed by atoms with Crippen LogP contribution in [-0.2, 0) is 11.2 Å². The summed E-state index contributed by atoms with van der Waals surface area (Å²) in [6.45, 7) is 1.66. The van der Waals surface area contributed by atoms with Gasteiger partial charge in [0.2, 0.25) is 0 Å². The molecule has 0 amide bonds. The van der Waals surface area contributed by atoms with E-state index in [0.29, 0.717) is 16.1 Å². The van der Waals surface area contributed by atoms with Crippen molar-refractivity contribution in [1.29, 1.82) is 5.26 Å². The molecule has 0 aliphatic heterocycles. The van der Waals surface area contributed by atoms with Crippen molar-refractivity contribution in [3.63, 3.8) is 0 Å². The number of ether oxygens (including phenoxy) is 1. The summed E-state index contributed by atoms with van der Waals surface area (Å²) in [5.41, 5.74) is -0.788. The van der Waals surface area contributed by atoms with Crippen molar-refractivity contribution < 1.29 is 28.2 Å². The molecule has 1 heterocycles. The maximum Gasteiger partial charge on any atom is 0.341 e. The van der Waals surface area contributed by atoms with E-state index in [-0.39, 0.29) is 23.3 Å². The molecule has 0 spiro atoms. The summed E-state index contributed by atoms with van der Waals surface area (Å²) in [5.74, 6) is -4.68. The van der Waals surface area contributed by atoms with E-state index >= 15 is 0 Å². The normalized spacial score (nSPS) is 11.5. The molecule has 0 radical (unpaired) electrons. The Morgan fingerprint density at radius 1 is 1.17 bits per heavy atom. The summed E-state index contributed by atoms with van der Waals surface area (Å²) in [4.78, 5) is 37.0. The molecule has 2 aromatic carbocycles. The first-order chi connectivity index (χ1) is 16.6. The van der Waals surface area contributed by atoms with Gasteiger partial charge in [0, 0.05) is 28.6 Å². The van der Waals surface area contributed by atoms with Gasteiger partial charge in [-0.05, 0) is 42.3 Å². The number of benzene rings is 2. The van der Waals surface area contributed by atoms with Crippen molar-refractivity contribution >= 4 is 23.4 Å². The number of Topliss-reactive ketones (excluding diaryl/α,β-unsaturated/α-hetero) is 1. The van der Waals surface area contributed by atoms with Gasteiger partial charge in [-0.15, -0.1) is 0 Å². The molecule has 1 aromatic heterocycles. The van der Waals surface area contributed by atoms with Crippen LogP contribution in [-0.4, -0.2) is 28.5 Å². The third-order valence-corrected chi connectivity index (χ3v) is 5.68. The molecule has 0 saturated heterocycles. The van der Waals surface area contributed by atoms with Crippen LogP contribution in [0.5, 0.6) is 5.75 Å². The van der Waals surface area contributed by atoms with E-state index in [9.17, 15) is 28.4 Å². The number of methoxy groups -OCH3 is 1. The summed E-state index contributed by atoms with van der Waals surface area (Å²) in [6.07, 6.45) is 1.08. The molecule has 35 heavy (non-hydrogen) atoms. The van der Waals surface area contributed by atoms with Crippen LogP contribution in [0.4, 0.5) is 8.78 Å². The predicted octanol–water partition coefficient (Wildman–Crippen LogP) is 4.79. The molecule has 1 atom stereocenters. The number of pyridine rings is 1. The minimum absolute atomic E-state index is 0.0670. The van der Waals surface area contributed by atoms with Crippen LogP contribution in [0.15, 0.2) is 47.4 Å². The Morgan fingerprint density at radius 2 is 1.83 bits per heavy atom. The van der Waals surface area contributed by atoms with E-state index in [4.69, 9.17) is 21.4 Å². The van der Waals surface area contributed by atoms with Gasteiger partial charge in [0.15, 0.2) is 5.78 Å². The smallest absolute Gasteiger partial charge is 0.341 e. The zero-order valence-electron chi connectivity index (χ0n) is 18.6. The number of rotatable bonds is 8. The number of hydrogen-bond acceptors (Lipinski definition) is 5. The average molecular weight is 501 g/mol. The quantitative estimate of drug-likeness (QED) is 0.476. The summed E-state index contributed by atoms with van der Waals surface area (Å²) in [5, 5.41) is 18.7. The number of nitrogens with zero attached hydrogens (tertiary/aromatic N) is 2. The van der Waals surface area contributed by atoms with E-state index in [0.717, 1.165) is 16.7 Å². The van der Waals surface area contributed by atoms with Gasteiger partial charge in [0.05, 0.1) is 31.0 Å². The number of ketones is 1. The highest BCUT2D eigenvalue weighted by molar-refractivity contribution is 6.31. The van der Waals surface area contributed by atoms with E-state index in [1.165, 1.54) is 37.6 Å². The van der Waals surface area contributed by atoms with Crippen molar-refractivity contribution in [2.45, 2.75) is 25.8 Å². The van der Waals surface area contributed by atoms with Gasteiger partial charge in [-0.25, -0.2) is 13.6 Å². The second-order valence-electron chi connectivity index (χ2n) is 7.61. The maximum absolute atomic E-state index is 14.0. The fourth-order valence-corrected chi connectivity index (χ4v) is 3.98. The Balaban J connectivity index is 2.02. The third kappa shape index (κ3) is 5.23. The zero-order chi connectivity index (χ0) is 25.9. The van der Waals surface area contributed by atoms with Gasteiger partial charge < -0.3 is 14.4 Å². The van der Waals surface area contributed by atoms with Crippen LogP contribution in [0.25, 0.3) is 11.1 Å². The molecule has 180 valence electrons. The highest BCUT2D eigenvalue weighted by atomic mass is 35.5. The van der Waals surface area contributed by atoms with Crippen molar-refractivity contribution in [2.24, 2.45) is 0 Å². The molecule has 0 aliphatic rings. The molecular formula is C25H19ClF2N2O5. The fraction of sp³-hybridized carbons (Fsp3) is 0.200. The lowest BCUT2D eigenvalue weighted by atomic mass is 9.98. The van der Waals surface area contributed by atoms with Crippen molar-refractivity contribution in [2.75, 3.05) is 7.11 Å². The van der Waals surface area contributed by atoms with Crippen LogP contribution < -0.4 is 10.3 Å². The van der Waals surface area contributed by atoms with Crippen LogP contribution >= 0.6 is 11.6 Å². The van der Waals surface area contributed by atoms with E-state index < -0.39 is 47.0 Å². The minimum atomic E-state index is -1.76. The van der Waals surface area contributed by atoms with Crippen LogP contribution in [0, 0.1) is 23.0 Å². The average Bonchev–Trinajstić information content (AvgIpc) is 2.79. The van der Waals surface area contributed by atoms with Gasteiger partial charge in [-0.1, -0.05) is 18.5 Å². The Kier molecular flexibility index (Phi) is 7.67. The van der Waals surface area contributed by atoms with E-state index in [1.807, 2.05) is 6.07 Å². The maximum atomic E-state index is 14.0. The lowest BCUT2D eigenvalue weighted by Gasteiger charge is -2.20. The van der Waals surface area contributed by atoms with Gasteiger partial charge in [-0.2, -0.15) is 5.26 Å². The van der Waals surface area contributed by atoms with Gasteiger partial charge in [0.1, 0.15) is 22.9 Å². The second-order valence-corrected chi connectivity index (χ2v) is 8.05. The zero-order valence-corrected chi connectivity index (χ0v) is 19.4. The van der Waals surface area contributed by atoms with Crippen molar-refractivity contribution in [1.82, 2.24) is 4.57 Å². The molecule has 0 aliphatic carbocycles. The first-order valence-electron chi connectivity index (χ1n) is 10.3. The number of nitriles is 1. The number of hydrogen-bond donors (Lipinski definition) is 1. The SMILES string of the molecule is CCC(C(=O)Cc1cc(F)c(C(=O)O)c(F)c1)n1cc(OC)c(-c2cc(Cl)ccc2C#N)cc1=O. The molecule has 0 bridgehead atoms. The summed E-state index contributed by atoms with van der Waals surface area (Å²) >= 11 is 6.07. The third-order valence-electron chi connectivity index (χ3n) is 5.44. The number of carbonyl (C=O) groups excluding carboxylic acids is 1. The number of carboxylic acid groups (broad SMARTS) is 1. The topological polar surface area (TPSA) is 109 Å². The summed E-state index contributed by atoms with van der Waals surface area (Å²) < 4.78 is 34.6. The first-order valence-corrected chi connectivity index (χ1v) is 10.7. The van der Waals surface area contributed by atoms with Gasteiger partial charge in [0.25, 0.3) is 5.56 Å². The Bertz CT molecular complexity index is 1410. The number of halogens is 3. The lowest BCUT2D eigenvalue weighted by Crippen LogP contribution is -2.30. The van der Waals surface area contributed by atoms with E-state index in [1.54, 1.807) is 6.92 Å². The molecule has 0 saturated carbocycles. The minimum Gasteiger partial charge on any atom is -0.495 e. The highest BCUT2D eigenvalue weighted by Gasteiger charge is 2.24. The van der Waals surface area contributed by atoms with Crippen molar-refractivity contribution in [3.05, 3.63) is 86.3 Å². The summed E-state index contributed by atoms with van der Waals surface area (Å²) in [6, 6.07) is 8.40. The number of aromatic nitrogens is 1. The molecule has 3 aromatic rings. The van der Waals surface area contributed by atoms with E-state index in [2.05, 4.69) is 0 Å². The fourth-order valence-electron chi connectivity index (χ4n) is 3.81. The molecular weight excluding hydrogens is 482 g/mol. The first kappa shape index (κ1) is 25.6. The molecule has 7 nitrogen and oxygen atoms in total. The Labute approximate surface area is 203 Å². The Morgan fingerprint density at radius 3 is 2.37 bits per heavy atom. The van der Waals surface area contributed by atoms with Crippen LogP contribution in [0.1, 0.15) is 40.9 Å². The monoisotopic (exact) mass is 500 g/mol. The molecule has 10 heteroatoms.